The van der Waals surface area contributed by atoms with Crippen LogP contribution in [0.15, 0.2) is 18.2 Å². The Labute approximate surface area is 120 Å². The van der Waals surface area contributed by atoms with Gasteiger partial charge in [0, 0.05) is 17.0 Å². The maximum Gasteiger partial charge on any atom is 0.231 e. The lowest BCUT2D eigenvalue weighted by molar-refractivity contribution is 0.174. The Bertz CT molecular complexity index is 703. The van der Waals surface area contributed by atoms with Gasteiger partial charge >= 0.3 is 0 Å². The first-order chi connectivity index (χ1) is 9.53. The first-order valence-electron chi connectivity index (χ1n) is 6.18. The third kappa shape index (κ3) is 1.78. The van der Waals surface area contributed by atoms with Crippen molar-refractivity contribution in [2.75, 3.05) is 23.2 Å². The zero-order valence-electron chi connectivity index (χ0n) is 10.4. The summed E-state index contributed by atoms with van der Waals surface area (Å²) in [5, 5.41) is 8.44. The van der Waals surface area contributed by atoms with Crippen LogP contribution in [0.3, 0.4) is 0 Å². The van der Waals surface area contributed by atoms with Crippen molar-refractivity contribution in [2.24, 2.45) is 0 Å². The number of nitrogens with zero attached hydrogens (tertiary/aromatic N) is 1. The normalized spacial score (nSPS) is 29.8. The quantitative estimate of drug-likeness (QED) is 0.835. The molecule has 0 bridgehead atoms. The van der Waals surface area contributed by atoms with Gasteiger partial charge in [0.05, 0.1) is 17.5 Å². The van der Waals surface area contributed by atoms with Gasteiger partial charge in [-0.05, 0) is 12.1 Å². The minimum atomic E-state index is -3.00. The minimum absolute atomic E-state index is 0.0436. The molecule has 3 heterocycles. The fourth-order valence-electron chi connectivity index (χ4n) is 2.84. The second-order valence-electron chi connectivity index (χ2n) is 5.01. The van der Waals surface area contributed by atoms with Gasteiger partial charge in [0.25, 0.3) is 0 Å². The highest BCUT2D eigenvalue weighted by atomic mass is 32.2. The van der Waals surface area contributed by atoms with Crippen LogP contribution in [0.2, 0.25) is 0 Å². The molecule has 20 heavy (non-hydrogen) atoms. The lowest BCUT2D eigenvalue weighted by atomic mass is 10.2. The fourth-order valence-corrected chi connectivity index (χ4v) is 6.64. The Morgan fingerprint density at radius 2 is 2.05 bits per heavy atom. The van der Waals surface area contributed by atoms with E-state index in [4.69, 9.17) is 14.9 Å². The Morgan fingerprint density at radius 1 is 1.25 bits per heavy atom. The molecule has 3 aliphatic heterocycles. The van der Waals surface area contributed by atoms with Crippen molar-refractivity contribution in [2.45, 2.75) is 11.3 Å². The molecule has 1 N–H and O–H groups in total. The monoisotopic (exact) mass is 312 g/mol. The van der Waals surface area contributed by atoms with E-state index in [9.17, 15) is 8.42 Å². The van der Waals surface area contributed by atoms with E-state index in [0.717, 1.165) is 5.69 Å². The van der Waals surface area contributed by atoms with Crippen molar-refractivity contribution in [1.82, 2.24) is 0 Å². The van der Waals surface area contributed by atoms with E-state index in [1.807, 2.05) is 12.1 Å². The van der Waals surface area contributed by atoms with Gasteiger partial charge in [-0.3, -0.25) is 5.41 Å². The number of nitrogens with one attached hydrogen (secondary N) is 1. The number of amidine groups is 1. The van der Waals surface area contributed by atoms with Gasteiger partial charge in [0.1, 0.15) is 0 Å². The largest absolute Gasteiger partial charge is 0.454 e. The van der Waals surface area contributed by atoms with E-state index in [1.165, 1.54) is 11.8 Å². The number of sulfone groups is 1. The molecular formula is C12H12N2O4S2. The number of fused-ring (bicyclic) bond motifs is 2. The maximum atomic E-state index is 11.8. The summed E-state index contributed by atoms with van der Waals surface area (Å²) in [5.74, 6) is 1.60. The molecule has 0 saturated carbocycles. The van der Waals surface area contributed by atoms with Crippen LogP contribution in [0.5, 0.6) is 11.5 Å². The zero-order valence-corrected chi connectivity index (χ0v) is 12.0. The van der Waals surface area contributed by atoms with Crippen molar-refractivity contribution in [3.8, 4) is 11.5 Å². The molecule has 2 atom stereocenters. The predicted octanol–water partition coefficient (Wildman–Crippen LogP) is 1.07. The van der Waals surface area contributed by atoms with Crippen LogP contribution in [-0.4, -0.2) is 43.2 Å². The lowest BCUT2D eigenvalue weighted by Gasteiger charge is -2.24. The zero-order chi connectivity index (χ0) is 13.9. The molecule has 1 aromatic rings. The summed E-state index contributed by atoms with van der Waals surface area (Å²) in [7, 11) is -3.00. The third-order valence-corrected chi connectivity index (χ3v) is 6.85. The Hall–Kier alpha value is -1.41. The van der Waals surface area contributed by atoms with Gasteiger partial charge in [-0.15, -0.1) is 0 Å². The summed E-state index contributed by atoms with van der Waals surface area (Å²) in [5.41, 5.74) is 0.788. The predicted molar refractivity (Wildman–Crippen MR) is 76.6 cm³/mol. The van der Waals surface area contributed by atoms with Gasteiger partial charge in [-0.25, -0.2) is 8.42 Å². The number of hydrogen-bond acceptors (Lipinski definition) is 6. The lowest BCUT2D eigenvalue weighted by Crippen LogP contribution is -2.37. The Morgan fingerprint density at radius 3 is 2.90 bits per heavy atom. The van der Waals surface area contributed by atoms with Crippen LogP contribution in [0.25, 0.3) is 0 Å². The number of anilines is 1. The highest BCUT2D eigenvalue weighted by Crippen LogP contribution is 2.43. The van der Waals surface area contributed by atoms with Crippen LogP contribution in [0, 0.1) is 5.41 Å². The van der Waals surface area contributed by atoms with Gasteiger partial charge in [0.2, 0.25) is 6.79 Å². The molecule has 6 nitrogen and oxygen atoms in total. The fraction of sp³-hybridized carbons (Fsp3) is 0.417. The van der Waals surface area contributed by atoms with Crippen LogP contribution in [0.1, 0.15) is 0 Å². The first-order valence-corrected chi connectivity index (χ1v) is 8.88. The molecule has 8 heteroatoms. The molecule has 4 rings (SSSR count). The summed E-state index contributed by atoms with van der Waals surface area (Å²) in [6, 6.07) is 5.30. The summed E-state index contributed by atoms with van der Waals surface area (Å²) in [4.78, 5) is 1.79. The summed E-state index contributed by atoms with van der Waals surface area (Å²) in [6.45, 7) is 0.200. The molecule has 1 aromatic carbocycles. The van der Waals surface area contributed by atoms with Gasteiger partial charge in [-0.1, -0.05) is 11.8 Å². The SMILES string of the molecule is N=C1S[C@H]2CS(=O)(=O)C[C@@H]2N1c1ccc2c(c1)OCO2. The number of thioether (sulfide) groups is 1. The highest BCUT2D eigenvalue weighted by Gasteiger charge is 2.48. The molecule has 2 saturated heterocycles. The van der Waals surface area contributed by atoms with E-state index < -0.39 is 9.84 Å². The average molecular weight is 312 g/mol. The minimum Gasteiger partial charge on any atom is -0.454 e. The molecule has 0 amide bonds. The Balaban J connectivity index is 1.72. The van der Waals surface area contributed by atoms with Crippen molar-refractivity contribution < 1.29 is 17.9 Å². The number of hydrogen-bond donors (Lipinski definition) is 1. The third-order valence-electron chi connectivity index (χ3n) is 3.72. The van der Waals surface area contributed by atoms with E-state index in [-0.39, 0.29) is 29.6 Å². The van der Waals surface area contributed by atoms with Gasteiger partial charge in [0.15, 0.2) is 26.5 Å². The summed E-state index contributed by atoms with van der Waals surface area (Å²) < 4.78 is 34.1. The van der Waals surface area contributed by atoms with Crippen LogP contribution in [-0.2, 0) is 9.84 Å². The molecular weight excluding hydrogens is 300 g/mol. The van der Waals surface area contributed by atoms with Gasteiger partial charge in [-0.2, -0.15) is 0 Å². The molecule has 0 radical (unpaired) electrons. The van der Waals surface area contributed by atoms with Crippen LogP contribution >= 0.6 is 11.8 Å². The molecule has 2 fully saturated rings. The first kappa shape index (κ1) is 12.3. The molecule has 106 valence electrons. The van der Waals surface area contributed by atoms with Crippen LogP contribution < -0.4 is 14.4 Å². The van der Waals surface area contributed by atoms with Crippen molar-refractivity contribution in [1.29, 1.82) is 5.41 Å². The number of benzene rings is 1. The van der Waals surface area contributed by atoms with Crippen LogP contribution in [0.4, 0.5) is 5.69 Å². The van der Waals surface area contributed by atoms with Crippen molar-refractivity contribution in [3.63, 3.8) is 0 Å². The maximum absolute atomic E-state index is 11.8. The Kier molecular flexibility index (Phi) is 2.50. The second kappa shape index (κ2) is 4.05. The highest BCUT2D eigenvalue weighted by molar-refractivity contribution is 8.15. The standard InChI is InChI=1S/C12H12N2O4S2/c13-12-14(8-4-20(15,16)5-11(8)19-12)7-1-2-9-10(3-7)18-6-17-9/h1-3,8,11,13H,4-6H2/t8-,11-/m0/s1. The number of ether oxygens (including phenoxy) is 2. The molecule has 0 aromatic heterocycles. The molecule has 0 aliphatic carbocycles. The smallest absolute Gasteiger partial charge is 0.231 e. The van der Waals surface area contributed by atoms with Crippen molar-refractivity contribution >= 4 is 32.5 Å². The van der Waals surface area contributed by atoms with Crippen molar-refractivity contribution in [3.05, 3.63) is 18.2 Å². The molecule has 3 aliphatic rings. The molecule has 0 spiro atoms. The van der Waals surface area contributed by atoms with E-state index in [2.05, 4.69) is 0 Å². The second-order valence-corrected chi connectivity index (χ2v) is 8.39. The topological polar surface area (TPSA) is 79.7 Å². The van der Waals surface area contributed by atoms with E-state index in [1.54, 1.807) is 11.0 Å². The van der Waals surface area contributed by atoms with E-state index in [0.29, 0.717) is 16.7 Å². The number of rotatable bonds is 1. The average Bonchev–Trinajstić information content (AvgIpc) is 3.00. The van der Waals surface area contributed by atoms with E-state index >= 15 is 0 Å². The summed E-state index contributed by atoms with van der Waals surface area (Å²) in [6.07, 6.45) is 0. The summed E-state index contributed by atoms with van der Waals surface area (Å²) >= 11 is 1.33. The molecule has 0 unspecified atom stereocenters. The van der Waals surface area contributed by atoms with Gasteiger partial charge < -0.3 is 14.4 Å².